The SMILES string of the molecule is C=COCCOCCOCCOS(=O)(=O)c1ccccc1. The third-order valence-corrected chi connectivity index (χ3v) is 3.66. The van der Waals surface area contributed by atoms with Gasteiger partial charge in [-0.15, -0.1) is 0 Å². The molecule has 0 aliphatic rings. The van der Waals surface area contributed by atoms with Crippen LogP contribution in [0, 0.1) is 0 Å². The number of benzene rings is 1. The first-order chi connectivity index (χ1) is 10.2. The minimum Gasteiger partial charge on any atom is -0.499 e. The van der Waals surface area contributed by atoms with Crippen molar-refractivity contribution in [3.63, 3.8) is 0 Å². The van der Waals surface area contributed by atoms with Gasteiger partial charge in [-0.05, 0) is 12.1 Å². The molecular weight excluding hydrogens is 296 g/mol. The molecule has 0 N–H and O–H groups in total. The van der Waals surface area contributed by atoms with Gasteiger partial charge in [0.15, 0.2) is 0 Å². The lowest BCUT2D eigenvalue weighted by Gasteiger charge is -2.07. The van der Waals surface area contributed by atoms with E-state index in [9.17, 15) is 8.42 Å². The molecule has 0 saturated carbocycles. The van der Waals surface area contributed by atoms with Crippen molar-refractivity contribution in [2.45, 2.75) is 4.90 Å². The van der Waals surface area contributed by atoms with E-state index < -0.39 is 10.1 Å². The monoisotopic (exact) mass is 316 g/mol. The number of hydrogen-bond donors (Lipinski definition) is 0. The summed E-state index contributed by atoms with van der Waals surface area (Å²) in [5, 5.41) is 0. The van der Waals surface area contributed by atoms with Gasteiger partial charge in [-0.1, -0.05) is 24.8 Å². The molecule has 0 aliphatic carbocycles. The highest BCUT2D eigenvalue weighted by Gasteiger charge is 2.13. The maximum absolute atomic E-state index is 11.7. The molecule has 0 fully saturated rings. The summed E-state index contributed by atoms with van der Waals surface area (Å²) in [5.74, 6) is 0. The van der Waals surface area contributed by atoms with E-state index in [2.05, 4.69) is 6.58 Å². The minimum atomic E-state index is -3.71. The lowest BCUT2D eigenvalue weighted by Crippen LogP contribution is -2.14. The second-order valence-corrected chi connectivity index (χ2v) is 5.47. The van der Waals surface area contributed by atoms with Gasteiger partial charge in [-0.3, -0.25) is 4.18 Å². The van der Waals surface area contributed by atoms with Gasteiger partial charge in [0, 0.05) is 0 Å². The zero-order valence-corrected chi connectivity index (χ0v) is 12.6. The Bertz CT molecular complexity index is 485. The van der Waals surface area contributed by atoms with Crippen molar-refractivity contribution in [3.05, 3.63) is 43.2 Å². The van der Waals surface area contributed by atoms with Gasteiger partial charge in [0.25, 0.3) is 10.1 Å². The molecule has 0 spiro atoms. The Morgan fingerprint density at radius 1 is 0.905 bits per heavy atom. The number of ether oxygens (including phenoxy) is 3. The highest BCUT2D eigenvalue weighted by atomic mass is 32.2. The Hall–Kier alpha value is -1.41. The van der Waals surface area contributed by atoms with Crippen molar-refractivity contribution in [1.82, 2.24) is 0 Å². The third kappa shape index (κ3) is 7.81. The molecule has 21 heavy (non-hydrogen) atoms. The molecule has 0 atom stereocenters. The maximum atomic E-state index is 11.7. The Kier molecular flexibility index (Phi) is 8.68. The summed E-state index contributed by atoms with van der Waals surface area (Å²) in [5.41, 5.74) is 0. The van der Waals surface area contributed by atoms with E-state index >= 15 is 0 Å². The van der Waals surface area contributed by atoms with Crippen LogP contribution in [0.5, 0.6) is 0 Å². The highest BCUT2D eigenvalue weighted by molar-refractivity contribution is 7.86. The third-order valence-electron chi connectivity index (χ3n) is 2.33. The molecule has 0 heterocycles. The predicted octanol–water partition coefficient (Wildman–Crippen LogP) is 1.59. The van der Waals surface area contributed by atoms with Gasteiger partial charge in [-0.2, -0.15) is 8.42 Å². The van der Waals surface area contributed by atoms with Crippen molar-refractivity contribution in [2.24, 2.45) is 0 Å². The van der Waals surface area contributed by atoms with E-state index in [0.29, 0.717) is 26.4 Å². The zero-order valence-electron chi connectivity index (χ0n) is 11.8. The maximum Gasteiger partial charge on any atom is 0.297 e. The molecule has 0 radical (unpaired) electrons. The second-order valence-electron chi connectivity index (χ2n) is 3.85. The molecule has 0 aromatic heterocycles. The molecular formula is C14H20O6S. The second kappa shape index (κ2) is 10.3. The van der Waals surface area contributed by atoms with Crippen molar-refractivity contribution in [2.75, 3.05) is 39.6 Å². The van der Waals surface area contributed by atoms with Gasteiger partial charge >= 0.3 is 0 Å². The van der Waals surface area contributed by atoms with E-state index in [1.54, 1.807) is 18.2 Å². The summed E-state index contributed by atoms with van der Waals surface area (Å²) in [6.07, 6.45) is 1.35. The molecule has 1 aromatic rings. The largest absolute Gasteiger partial charge is 0.499 e. The smallest absolute Gasteiger partial charge is 0.297 e. The summed E-state index contributed by atoms with van der Waals surface area (Å²) in [7, 11) is -3.71. The molecule has 0 amide bonds. The lowest BCUT2D eigenvalue weighted by molar-refractivity contribution is 0.0233. The summed E-state index contributed by atoms with van der Waals surface area (Å²) in [4.78, 5) is 0.135. The normalized spacial score (nSPS) is 11.2. The van der Waals surface area contributed by atoms with Crippen LogP contribution in [0.2, 0.25) is 0 Å². The zero-order chi connectivity index (χ0) is 15.4. The highest BCUT2D eigenvalue weighted by Crippen LogP contribution is 2.10. The molecule has 0 unspecified atom stereocenters. The topological polar surface area (TPSA) is 71.1 Å². The van der Waals surface area contributed by atoms with E-state index in [4.69, 9.17) is 18.4 Å². The van der Waals surface area contributed by atoms with Crippen molar-refractivity contribution in [3.8, 4) is 0 Å². The lowest BCUT2D eigenvalue weighted by atomic mass is 10.4. The quantitative estimate of drug-likeness (QED) is 0.331. The molecule has 0 bridgehead atoms. The Labute approximate surface area is 125 Å². The fourth-order valence-electron chi connectivity index (χ4n) is 1.37. The van der Waals surface area contributed by atoms with E-state index in [1.165, 1.54) is 18.4 Å². The molecule has 0 saturated heterocycles. The van der Waals surface area contributed by atoms with Crippen LogP contribution >= 0.6 is 0 Å². The van der Waals surface area contributed by atoms with Crippen LogP contribution in [0.15, 0.2) is 48.1 Å². The van der Waals surface area contributed by atoms with Crippen LogP contribution in [0.4, 0.5) is 0 Å². The summed E-state index contributed by atoms with van der Waals surface area (Å²) >= 11 is 0. The van der Waals surface area contributed by atoms with Crippen LogP contribution in [0.3, 0.4) is 0 Å². The standard InChI is InChI=1S/C14H20O6S/c1-2-17-8-9-18-10-11-19-12-13-20-21(15,16)14-6-4-3-5-7-14/h2-7H,1,8-13H2. The fraction of sp³-hybridized carbons (Fsp3) is 0.429. The molecule has 6 nitrogen and oxygen atoms in total. The number of rotatable bonds is 12. The van der Waals surface area contributed by atoms with Crippen LogP contribution in [-0.4, -0.2) is 48.1 Å². The Morgan fingerprint density at radius 2 is 1.48 bits per heavy atom. The van der Waals surface area contributed by atoms with Gasteiger partial charge < -0.3 is 14.2 Å². The number of hydrogen-bond acceptors (Lipinski definition) is 6. The van der Waals surface area contributed by atoms with Gasteiger partial charge in [0.05, 0.1) is 44.2 Å². The van der Waals surface area contributed by atoms with E-state index in [-0.39, 0.29) is 18.1 Å². The average molecular weight is 316 g/mol. The van der Waals surface area contributed by atoms with Crippen LogP contribution < -0.4 is 0 Å². The molecule has 7 heteroatoms. The first-order valence-corrected chi connectivity index (χ1v) is 7.90. The van der Waals surface area contributed by atoms with E-state index in [1.807, 2.05) is 0 Å². The first kappa shape index (κ1) is 17.6. The van der Waals surface area contributed by atoms with Crippen molar-refractivity contribution < 1.29 is 26.8 Å². The summed E-state index contributed by atoms with van der Waals surface area (Å²) in [6, 6.07) is 7.98. The minimum absolute atomic E-state index is 0.0309. The molecule has 118 valence electrons. The molecule has 0 aliphatic heterocycles. The fourth-order valence-corrected chi connectivity index (χ4v) is 2.28. The predicted molar refractivity (Wildman–Crippen MR) is 77.4 cm³/mol. The average Bonchev–Trinajstić information content (AvgIpc) is 2.50. The Balaban J connectivity index is 2.05. The van der Waals surface area contributed by atoms with Crippen LogP contribution in [0.25, 0.3) is 0 Å². The molecule has 1 rings (SSSR count). The first-order valence-electron chi connectivity index (χ1n) is 6.49. The van der Waals surface area contributed by atoms with Crippen LogP contribution in [-0.2, 0) is 28.5 Å². The van der Waals surface area contributed by atoms with Crippen molar-refractivity contribution >= 4 is 10.1 Å². The molecule has 1 aromatic carbocycles. The van der Waals surface area contributed by atoms with Crippen LogP contribution in [0.1, 0.15) is 0 Å². The van der Waals surface area contributed by atoms with Crippen molar-refractivity contribution in [1.29, 1.82) is 0 Å². The van der Waals surface area contributed by atoms with Gasteiger partial charge in [-0.25, -0.2) is 0 Å². The van der Waals surface area contributed by atoms with Gasteiger partial charge in [0.1, 0.15) is 6.61 Å². The summed E-state index contributed by atoms with van der Waals surface area (Å²) < 4.78 is 43.6. The van der Waals surface area contributed by atoms with E-state index in [0.717, 1.165) is 0 Å². The summed E-state index contributed by atoms with van der Waals surface area (Å²) in [6.45, 7) is 5.22. The Morgan fingerprint density at radius 3 is 2.10 bits per heavy atom. The van der Waals surface area contributed by atoms with Gasteiger partial charge in [0.2, 0.25) is 0 Å².